The zero-order valence-electron chi connectivity index (χ0n) is 15.1. The lowest BCUT2D eigenvalue weighted by atomic mass is 9.91. The molecular formula is C18H18F3N3O5. The fourth-order valence-corrected chi connectivity index (χ4v) is 3.37. The van der Waals surface area contributed by atoms with Crippen LogP contribution in [0.25, 0.3) is 0 Å². The summed E-state index contributed by atoms with van der Waals surface area (Å²) in [5.74, 6) is -2.97. The number of carbonyl (C=O) groups is 4. The van der Waals surface area contributed by atoms with Crippen molar-refractivity contribution in [2.75, 3.05) is 13.1 Å². The molecule has 0 spiro atoms. The SMILES string of the molecule is O=C(O)C(F)(F)F.O=C1CCC(N2Cc3cc(C4CNC4)ccc3C2=O)C(=O)N1. The zero-order valence-corrected chi connectivity index (χ0v) is 15.1. The molecule has 3 amide bonds. The van der Waals surface area contributed by atoms with Gasteiger partial charge in [0.05, 0.1) is 0 Å². The number of alkyl halides is 3. The molecule has 2 saturated heterocycles. The maximum absolute atomic E-state index is 12.5. The van der Waals surface area contributed by atoms with Gasteiger partial charge in [-0.15, -0.1) is 0 Å². The Labute approximate surface area is 163 Å². The van der Waals surface area contributed by atoms with Crippen LogP contribution in [0.2, 0.25) is 0 Å². The van der Waals surface area contributed by atoms with E-state index in [-0.39, 0.29) is 24.1 Å². The molecule has 0 radical (unpaired) electrons. The van der Waals surface area contributed by atoms with Crippen LogP contribution in [-0.2, 0) is 20.9 Å². The van der Waals surface area contributed by atoms with Crippen LogP contribution in [0.4, 0.5) is 13.2 Å². The van der Waals surface area contributed by atoms with E-state index in [9.17, 15) is 27.6 Å². The summed E-state index contributed by atoms with van der Waals surface area (Å²) in [6.45, 7) is 2.40. The van der Waals surface area contributed by atoms with Gasteiger partial charge in [0.25, 0.3) is 5.91 Å². The van der Waals surface area contributed by atoms with Crippen molar-refractivity contribution in [1.82, 2.24) is 15.5 Å². The third-order valence-electron chi connectivity index (χ3n) is 5.04. The second kappa shape index (κ2) is 7.82. The Bertz CT molecular complexity index is 867. The molecule has 0 aliphatic carbocycles. The molecule has 0 saturated carbocycles. The van der Waals surface area contributed by atoms with E-state index in [1.807, 2.05) is 12.1 Å². The summed E-state index contributed by atoms with van der Waals surface area (Å²) in [5.41, 5.74) is 2.91. The van der Waals surface area contributed by atoms with E-state index in [0.717, 1.165) is 18.7 Å². The summed E-state index contributed by atoms with van der Waals surface area (Å²) >= 11 is 0. The molecule has 11 heteroatoms. The minimum Gasteiger partial charge on any atom is -0.475 e. The van der Waals surface area contributed by atoms with Gasteiger partial charge in [-0.25, -0.2) is 4.79 Å². The van der Waals surface area contributed by atoms with Crippen LogP contribution in [0, 0.1) is 0 Å². The van der Waals surface area contributed by atoms with Crippen molar-refractivity contribution >= 4 is 23.7 Å². The van der Waals surface area contributed by atoms with Gasteiger partial charge in [0, 0.05) is 37.5 Å². The average Bonchev–Trinajstić information content (AvgIpc) is 2.89. The number of benzene rings is 1. The highest BCUT2D eigenvalue weighted by Gasteiger charge is 2.39. The predicted molar refractivity (Wildman–Crippen MR) is 91.8 cm³/mol. The first kappa shape index (κ1) is 20.8. The lowest BCUT2D eigenvalue weighted by Crippen LogP contribution is -2.52. The summed E-state index contributed by atoms with van der Waals surface area (Å²) in [4.78, 5) is 46.3. The van der Waals surface area contributed by atoms with Crippen molar-refractivity contribution in [3.05, 3.63) is 34.9 Å². The molecule has 4 rings (SSSR count). The van der Waals surface area contributed by atoms with Crippen LogP contribution < -0.4 is 10.6 Å². The van der Waals surface area contributed by atoms with Crippen molar-refractivity contribution in [2.45, 2.75) is 37.5 Å². The number of imide groups is 1. The second-order valence-corrected chi connectivity index (χ2v) is 6.97. The molecule has 3 aliphatic rings. The highest BCUT2D eigenvalue weighted by Crippen LogP contribution is 2.30. The van der Waals surface area contributed by atoms with Crippen LogP contribution in [0.3, 0.4) is 0 Å². The Balaban J connectivity index is 0.000000298. The number of piperidine rings is 1. The first-order valence-corrected chi connectivity index (χ1v) is 8.86. The summed E-state index contributed by atoms with van der Waals surface area (Å²) in [6, 6.07) is 5.43. The maximum atomic E-state index is 12.5. The number of hydrogen-bond acceptors (Lipinski definition) is 5. The number of halogens is 3. The smallest absolute Gasteiger partial charge is 0.475 e. The van der Waals surface area contributed by atoms with E-state index in [1.54, 1.807) is 4.90 Å². The maximum Gasteiger partial charge on any atom is 0.490 e. The minimum absolute atomic E-state index is 0.109. The summed E-state index contributed by atoms with van der Waals surface area (Å²) in [7, 11) is 0. The molecule has 3 aliphatic heterocycles. The van der Waals surface area contributed by atoms with Crippen molar-refractivity contribution in [3.8, 4) is 0 Å². The van der Waals surface area contributed by atoms with E-state index in [0.29, 0.717) is 24.4 Å². The number of hydrogen-bond donors (Lipinski definition) is 3. The Kier molecular flexibility index (Phi) is 5.60. The number of rotatable bonds is 2. The molecular weight excluding hydrogens is 395 g/mol. The third kappa shape index (κ3) is 4.39. The monoisotopic (exact) mass is 413 g/mol. The van der Waals surface area contributed by atoms with Gasteiger partial charge in [-0.05, 0) is 23.6 Å². The number of carboxylic acid groups (broad SMARTS) is 1. The number of aliphatic carboxylic acids is 1. The molecule has 8 nitrogen and oxygen atoms in total. The van der Waals surface area contributed by atoms with Gasteiger partial charge in [0.2, 0.25) is 11.8 Å². The number of amides is 3. The summed E-state index contributed by atoms with van der Waals surface area (Å²) in [5, 5.41) is 12.7. The first-order valence-electron chi connectivity index (χ1n) is 8.86. The van der Waals surface area contributed by atoms with Crippen molar-refractivity contribution in [1.29, 1.82) is 0 Å². The zero-order chi connectivity index (χ0) is 21.3. The van der Waals surface area contributed by atoms with Crippen LogP contribution in [0.15, 0.2) is 18.2 Å². The summed E-state index contributed by atoms with van der Waals surface area (Å²) < 4.78 is 31.7. The normalized spacial score (nSPS) is 21.7. The van der Waals surface area contributed by atoms with Crippen LogP contribution in [-0.4, -0.2) is 59.0 Å². The van der Waals surface area contributed by atoms with E-state index >= 15 is 0 Å². The second-order valence-electron chi connectivity index (χ2n) is 6.97. The van der Waals surface area contributed by atoms with E-state index < -0.39 is 18.2 Å². The van der Waals surface area contributed by atoms with Gasteiger partial charge < -0.3 is 15.3 Å². The van der Waals surface area contributed by atoms with Gasteiger partial charge in [0.1, 0.15) is 6.04 Å². The van der Waals surface area contributed by atoms with E-state index in [4.69, 9.17) is 9.90 Å². The Morgan fingerprint density at radius 2 is 1.83 bits per heavy atom. The van der Waals surface area contributed by atoms with Gasteiger partial charge >= 0.3 is 12.1 Å². The Hall–Kier alpha value is -2.95. The highest BCUT2D eigenvalue weighted by atomic mass is 19.4. The summed E-state index contributed by atoms with van der Waals surface area (Å²) in [6.07, 6.45) is -4.39. The largest absolute Gasteiger partial charge is 0.490 e. The molecule has 1 aromatic rings. The number of fused-ring (bicyclic) bond motifs is 1. The molecule has 0 bridgehead atoms. The van der Waals surface area contributed by atoms with Crippen molar-refractivity contribution < 1.29 is 37.5 Å². The quantitative estimate of drug-likeness (QED) is 0.617. The fraction of sp³-hybridized carbons (Fsp3) is 0.444. The number of carbonyl (C=O) groups excluding carboxylic acids is 3. The molecule has 0 aromatic heterocycles. The fourth-order valence-electron chi connectivity index (χ4n) is 3.37. The standard InChI is InChI=1S/C16H17N3O3.C2HF3O2/c20-14-4-3-13(15(21)18-14)19-8-10-5-9(11-6-17-7-11)1-2-12(10)16(19)22;3-2(4,5)1(6)7/h1-2,5,11,13,17H,3-4,6-8H2,(H,18,20,21);(H,6,7). The molecule has 2 fully saturated rings. The molecule has 29 heavy (non-hydrogen) atoms. The lowest BCUT2D eigenvalue weighted by molar-refractivity contribution is -0.192. The van der Waals surface area contributed by atoms with Gasteiger partial charge in [0.15, 0.2) is 0 Å². The first-order chi connectivity index (χ1) is 13.6. The Morgan fingerprint density at radius 1 is 1.17 bits per heavy atom. The molecule has 1 atom stereocenters. The third-order valence-corrected chi connectivity index (χ3v) is 5.04. The molecule has 156 valence electrons. The van der Waals surface area contributed by atoms with Crippen molar-refractivity contribution in [2.24, 2.45) is 0 Å². The van der Waals surface area contributed by atoms with Crippen molar-refractivity contribution in [3.63, 3.8) is 0 Å². The lowest BCUT2D eigenvalue weighted by Gasteiger charge is -2.29. The molecule has 3 heterocycles. The van der Waals surface area contributed by atoms with E-state index in [2.05, 4.69) is 16.7 Å². The van der Waals surface area contributed by atoms with Gasteiger partial charge in [-0.3, -0.25) is 19.7 Å². The molecule has 3 N–H and O–H groups in total. The molecule has 1 unspecified atom stereocenters. The minimum atomic E-state index is -5.08. The number of nitrogens with zero attached hydrogens (tertiary/aromatic N) is 1. The number of carboxylic acids is 1. The average molecular weight is 413 g/mol. The Morgan fingerprint density at radius 3 is 2.34 bits per heavy atom. The topological polar surface area (TPSA) is 116 Å². The predicted octanol–water partition coefficient (Wildman–Crippen LogP) is 0.768. The van der Waals surface area contributed by atoms with Crippen LogP contribution >= 0.6 is 0 Å². The van der Waals surface area contributed by atoms with Crippen LogP contribution in [0.5, 0.6) is 0 Å². The molecule has 1 aromatic carbocycles. The van der Waals surface area contributed by atoms with Gasteiger partial charge in [-0.1, -0.05) is 12.1 Å². The highest BCUT2D eigenvalue weighted by molar-refractivity contribution is 6.05. The van der Waals surface area contributed by atoms with E-state index in [1.165, 1.54) is 5.56 Å². The number of nitrogens with one attached hydrogen (secondary N) is 2. The van der Waals surface area contributed by atoms with Crippen LogP contribution in [0.1, 0.15) is 40.2 Å². The van der Waals surface area contributed by atoms with Gasteiger partial charge in [-0.2, -0.15) is 13.2 Å².